The largest absolute Gasteiger partial charge is 0.554 e. The van der Waals surface area contributed by atoms with Crippen LogP contribution in [0.1, 0.15) is 5.82 Å². The molecule has 0 fully saturated rings. The standard InChI is InChI=1S/C8H6BN4O/c1-5-11-8-9-14-7-2-3-10-4-6(7)13(8)12-5/h2-4H,1H3. The maximum atomic E-state index is 5.37. The van der Waals surface area contributed by atoms with Crippen molar-refractivity contribution in [1.82, 2.24) is 19.7 Å². The number of aromatic nitrogens is 4. The zero-order chi connectivity index (χ0) is 9.54. The summed E-state index contributed by atoms with van der Waals surface area (Å²) in [6.45, 7) is 1.84. The Hall–Kier alpha value is -1.85. The van der Waals surface area contributed by atoms with Gasteiger partial charge in [-0.15, -0.1) is 0 Å². The first-order valence-corrected chi connectivity index (χ1v) is 4.22. The normalized spacial score (nSPS) is 12.4. The quantitative estimate of drug-likeness (QED) is 0.524. The van der Waals surface area contributed by atoms with Crippen LogP contribution in [0.5, 0.6) is 5.75 Å². The summed E-state index contributed by atoms with van der Waals surface area (Å²) in [4.78, 5) is 8.22. The number of hydrogen-bond acceptors (Lipinski definition) is 4. The molecule has 1 aliphatic heterocycles. The summed E-state index contributed by atoms with van der Waals surface area (Å²) in [5, 5.41) is 4.25. The van der Waals surface area contributed by atoms with Gasteiger partial charge in [0.15, 0.2) is 0 Å². The minimum Gasteiger partial charge on any atom is -0.554 e. The van der Waals surface area contributed by atoms with E-state index >= 15 is 0 Å². The zero-order valence-electron chi connectivity index (χ0n) is 7.51. The Morgan fingerprint density at radius 2 is 2.43 bits per heavy atom. The lowest BCUT2D eigenvalue weighted by Crippen LogP contribution is -2.34. The van der Waals surface area contributed by atoms with E-state index in [9.17, 15) is 0 Å². The van der Waals surface area contributed by atoms with Crippen molar-refractivity contribution < 1.29 is 4.65 Å². The predicted octanol–water partition coefficient (Wildman–Crippen LogP) is -0.392. The average molecular weight is 185 g/mol. The third-order valence-corrected chi connectivity index (χ3v) is 2.02. The molecule has 0 saturated heterocycles. The molecule has 0 aliphatic carbocycles. The maximum Gasteiger partial charge on any atom is 0.453 e. The smallest absolute Gasteiger partial charge is 0.453 e. The lowest BCUT2D eigenvalue weighted by Gasteiger charge is -2.15. The zero-order valence-corrected chi connectivity index (χ0v) is 7.51. The third kappa shape index (κ3) is 0.936. The highest BCUT2D eigenvalue weighted by molar-refractivity contribution is 6.46. The molecule has 0 atom stereocenters. The number of pyridine rings is 1. The van der Waals surface area contributed by atoms with Crippen molar-refractivity contribution in [3.8, 4) is 11.4 Å². The Labute approximate surface area is 81.0 Å². The van der Waals surface area contributed by atoms with E-state index in [0.29, 0.717) is 5.72 Å². The van der Waals surface area contributed by atoms with Crippen LogP contribution in [0.15, 0.2) is 18.5 Å². The van der Waals surface area contributed by atoms with Gasteiger partial charge in [-0.1, -0.05) is 0 Å². The molecule has 1 aliphatic rings. The van der Waals surface area contributed by atoms with Crippen molar-refractivity contribution in [1.29, 1.82) is 0 Å². The highest BCUT2D eigenvalue weighted by Crippen LogP contribution is 2.21. The van der Waals surface area contributed by atoms with E-state index in [2.05, 4.69) is 15.1 Å². The van der Waals surface area contributed by atoms with Crippen molar-refractivity contribution in [2.45, 2.75) is 6.92 Å². The molecule has 0 saturated carbocycles. The minimum absolute atomic E-state index is 0.697. The highest BCUT2D eigenvalue weighted by atomic mass is 16.4. The molecule has 67 valence electrons. The van der Waals surface area contributed by atoms with Gasteiger partial charge in [-0.25, -0.2) is 9.67 Å². The second-order valence-corrected chi connectivity index (χ2v) is 3.01. The van der Waals surface area contributed by atoms with Crippen LogP contribution in [0.25, 0.3) is 5.69 Å². The number of aryl methyl sites for hydroxylation is 1. The van der Waals surface area contributed by atoms with Crippen LogP contribution in [0.3, 0.4) is 0 Å². The molecule has 0 aromatic carbocycles. The summed E-state index contributed by atoms with van der Waals surface area (Å²) >= 11 is 0. The van der Waals surface area contributed by atoms with Gasteiger partial charge in [0.1, 0.15) is 23.0 Å². The average Bonchev–Trinajstić information content (AvgIpc) is 2.59. The fraction of sp³-hybridized carbons (Fsp3) is 0.125. The predicted molar refractivity (Wildman–Crippen MR) is 49.9 cm³/mol. The van der Waals surface area contributed by atoms with Crippen LogP contribution in [0.4, 0.5) is 0 Å². The molecule has 0 spiro atoms. The fourth-order valence-corrected chi connectivity index (χ4v) is 1.43. The molecule has 0 amide bonds. The first-order chi connectivity index (χ1) is 6.84. The monoisotopic (exact) mass is 185 g/mol. The molecule has 0 unspecified atom stereocenters. The molecule has 3 rings (SSSR count). The fourth-order valence-electron chi connectivity index (χ4n) is 1.43. The van der Waals surface area contributed by atoms with Crippen LogP contribution in [0, 0.1) is 6.92 Å². The van der Waals surface area contributed by atoms with Gasteiger partial charge in [0, 0.05) is 6.20 Å². The third-order valence-electron chi connectivity index (χ3n) is 2.02. The van der Waals surface area contributed by atoms with Gasteiger partial charge in [-0.3, -0.25) is 4.98 Å². The van der Waals surface area contributed by atoms with E-state index < -0.39 is 0 Å². The first kappa shape index (κ1) is 7.55. The van der Waals surface area contributed by atoms with E-state index in [1.807, 2.05) is 6.92 Å². The SMILES string of the molecule is Cc1nc2n(n1)-c1cnccc1O[B]2. The summed E-state index contributed by atoms with van der Waals surface area (Å²) in [6, 6.07) is 1.80. The molecule has 2 aromatic heterocycles. The van der Waals surface area contributed by atoms with Crippen molar-refractivity contribution in [2.24, 2.45) is 0 Å². The van der Waals surface area contributed by atoms with Gasteiger partial charge in [-0.05, 0) is 13.0 Å². The Bertz CT molecular complexity index is 496. The summed E-state index contributed by atoms with van der Waals surface area (Å²) in [6.07, 6.45) is 3.39. The second kappa shape index (κ2) is 2.57. The maximum absolute atomic E-state index is 5.37. The van der Waals surface area contributed by atoms with E-state index in [1.165, 1.54) is 0 Å². The van der Waals surface area contributed by atoms with Crippen molar-refractivity contribution in [3.63, 3.8) is 0 Å². The number of fused-ring (bicyclic) bond motifs is 3. The van der Waals surface area contributed by atoms with Crippen LogP contribution in [-0.2, 0) is 0 Å². The molecular weight excluding hydrogens is 179 g/mol. The van der Waals surface area contributed by atoms with E-state index in [1.54, 1.807) is 30.6 Å². The molecule has 5 nitrogen and oxygen atoms in total. The minimum atomic E-state index is 0.697. The van der Waals surface area contributed by atoms with Crippen LogP contribution in [-0.4, -0.2) is 27.2 Å². The van der Waals surface area contributed by atoms with Gasteiger partial charge in [-0.2, -0.15) is 5.10 Å². The van der Waals surface area contributed by atoms with Gasteiger partial charge in [0.05, 0.1) is 6.20 Å². The van der Waals surface area contributed by atoms with Crippen LogP contribution in [0.2, 0.25) is 0 Å². The molecule has 2 aromatic rings. The van der Waals surface area contributed by atoms with Crippen LogP contribution < -0.4 is 10.4 Å². The highest BCUT2D eigenvalue weighted by Gasteiger charge is 2.21. The van der Waals surface area contributed by atoms with Crippen molar-refractivity contribution in [3.05, 3.63) is 24.3 Å². The van der Waals surface area contributed by atoms with E-state index in [-0.39, 0.29) is 0 Å². The topological polar surface area (TPSA) is 52.8 Å². The van der Waals surface area contributed by atoms with Gasteiger partial charge in [0.25, 0.3) is 0 Å². The Morgan fingerprint density at radius 1 is 1.50 bits per heavy atom. The first-order valence-electron chi connectivity index (χ1n) is 4.22. The number of hydrogen-bond donors (Lipinski definition) is 0. The Morgan fingerprint density at radius 3 is 3.36 bits per heavy atom. The number of rotatable bonds is 0. The van der Waals surface area contributed by atoms with Crippen LogP contribution >= 0.6 is 0 Å². The summed E-state index contributed by atoms with van der Waals surface area (Å²) < 4.78 is 7.10. The molecule has 3 heterocycles. The van der Waals surface area contributed by atoms with Crippen molar-refractivity contribution >= 4 is 13.2 Å². The summed E-state index contributed by atoms with van der Waals surface area (Å²) in [5.74, 6) is 1.47. The van der Waals surface area contributed by atoms with Gasteiger partial charge in [0.2, 0.25) is 0 Å². The van der Waals surface area contributed by atoms with Gasteiger partial charge >= 0.3 is 7.48 Å². The second-order valence-electron chi connectivity index (χ2n) is 3.01. The Kier molecular flexibility index (Phi) is 1.39. The lowest BCUT2D eigenvalue weighted by molar-refractivity contribution is 0.577. The Balaban J connectivity index is 2.28. The lowest BCUT2D eigenvalue weighted by atomic mass is 9.98. The molecule has 6 heteroatoms. The van der Waals surface area contributed by atoms with Crippen molar-refractivity contribution in [2.75, 3.05) is 0 Å². The molecule has 14 heavy (non-hydrogen) atoms. The molecule has 1 radical (unpaired) electrons. The summed E-state index contributed by atoms with van der Waals surface area (Å²) in [5.41, 5.74) is 1.52. The molecular formula is C8H6BN4O. The molecule has 0 bridgehead atoms. The van der Waals surface area contributed by atoms with E-state index in [0.717, 1.165) is 17.3 Å². The summed E-state index contributed by atoms with van der Waals surface area (Å²) in [7, 11) is 1.59. The van der Waals surface area contributed by atoms with Gasteiger partial charge < -0.3 is 4.65 Å². The van der Waals surface area contributed by atoms with E-state index in [4.69, 9.17) is 4.65 Å². The molecule has 0 N–H and O–H groups in total. The number of nitrogens with zero attached hydrogens (tertiary/aromatic N) is 4.